The predicted molar refractivity (Wildman–Crippen MR) is 129 cm³/mol. The number of nitrogens with zero attached hydrogens (tertiary/aromatic N) is 2. The average Bonchev–Trinajstić information content (AvgIpc) is 3.18. The minimum absolute atomic E-state index is 0.126. The Kier molecular flexibility index (Phi) is 5.55. The summed E-state index contributed by atoms with van der Waals surface area (Å²) in [7, 11) is 0. The molecule has 0 fully saturated rings. The Labute approximate surface area is 199 Å². The minimum atomic E-state index is -4.54. The summed E-state index contributed by atoms with van der Waals surface area (Å²) in [6.45, 7) is 3.79. The van der Waals surface area contributed by atoms with Gasteiger partial charge in [0.05, 0.1) is 29.1 Å². The van der Waals surface area contributed by atoms with Gasteiger partial charge < -0.3 is 4.74 Å². The molecule has 0 aliphatic carbocycles. The Balaban J connectivity index is 1.94. The van der Waals surface area contributed by atoms with Gasteiger partial charge in [-0.2, -0.15) is 13.2 Å². The van der Waals surface area contributed by atoms with Crippen molar-refractivity contribution in [1.29, 1.82) is 0 Å². The molecule has 7 heteroatoms. The maximum atomic E-state index is 13.6. The molecular formula is C28H21F3N2O2. The zero-order valence-corrected chi connectivity index (χ0v) is 19.1. The maximum Gasteiger partial charge on any atom is 0.416 e. The SMILES string of the molecule is CCOC(=O)c1c2ccc(C(F)(F)F)cc2n2c(-c3ccccc3)cc(-c3ccc(C)cc3)nc12. The molecule has 2 aromatic heterocycles. The molecule has 0 aliphatic heterocycles. The largest absolute Gasteiger partial charge is 0.462 e. The van der Waals surface area contributed by atoms with Crippen LogP contribution in [0.3, 0.4) is 0 Å². The van der Waals surface area contributed by atoms with Crippen molar-refractivity contribution < 1.29 is 22.7 Å². The first-order valence-electron chi connectivity index (χ1n) is 11.1. The number of rotatable bonds is 4. The lowest BCUT2D eigenvalue weighted by Crippen LogP contribution is -2.06. The average molecular weight is 474 g/mol. The van der Waals surface area contributed by atoms with E-state index in [2.05, 4.69) is 0 Å². The number of benzene rings is 3. The monoisotopic (exact) mass is 474 g/mol. The summed E-state index contributed by atoms with van der Waals surface area (Å²) >= 11 is 0. The number of hydrogen-bond acceptors (Lipinski definition) is 3. The van der Waals surface area contributed by atoms with Crippen molar-refractivity contribution in [3.05, 3.63) is 95.6 Å². The van der Waals surface area contributed by atoms with Crippen LogP contribution in [0.2, 0.25) is 0 Å². The first kappa shape index (κ1) is 22.7. The van der Waals surface area contributed by atoms with Gasteiger partial charge in [-0.1, -0.05) is 66.2 Å². The minimum Gasteiger partial charge on any atom is -0.462 e. The van der Waals surface area contributed by atoms with E-state index >= 15 is 0 Å². The van der Waals surface area contributed by atoms with Gasteiger partial charge in [-0.3, -0.25) is 4.40 Å². The van der Waals surface area contributed by atoms with Crippen LogP contribution in [-0.2, 0) is 10.9 Å². The Morgan fingerprint density at radius 3 is 2.31 bits per heavy atom. The van der Waals surface area contributed by atoms with Gasteiger partial charge in [-0.05, 0) is 37.6 Å². The first-order chi connectivity index (χ1) is 16.8. The molecule has 3 aromatic carbocycles. The topological polar surface area (TPSA) is 43.6 Å². The Morgan fingerprint density at radius 2 is 1.66 bits per heavy atom. The Bertz CT molecular complexity index is 1550. The summed E-state index contributed by atoms with van der Waals surface area (Å²) < 4.78 is 47.8. The van der Waals surface area contributed by atoms with Crippen molar-refractivity contribution >= 4 is 22.5 Å². The predicted octanol–water partition coefficient (Wildman–Crippen LogP) is 7.33. The molecule has 0 bridgehead atoms. The van der Waals surface area contributed by atoms with Crippen LogP contribution in [0.15, 0.2) is 78.9 Å². The molecule has 0 amide bonds. The van der Waals surface area contributed by atoms with Gasteiger partial charge in [0.1, 0.15) is 5.56 Å². The van der Waals surface area contributed by atoms with Gasteiger partial charge in [0, 0.05) is 10.9 Å². The van der Waals surface area contributed by atoms with Crippen LogP contribution in [0.4, 0.5) is 13.2 Å². The van der Waals surface area contributed by atoms with E-state index < -0.39 is 17.7 Å². The number of esters is 1. The first-order valence-corrected chi connectivity index (χ1v) is 11.1. The second-order valence-electron chi connectivity index (χ2n) is 8.24. The number of halogens is 3. The Hall–Kier alpha value is -4.13. The van der Waals surface area contributed by atoms with E-state index in [1.165, 1.54) is 6.07 Å². The maximum absolute atomic E-state index is 13.6. The van der Waals surface area contributed by atoms with Gasteiger partial charge in [-0.15, -0.1) is 0 Å². The lowest BCUT2D eigenvalue weighted by Gasteiger charge is -2.12. The lowest BCUT2D eigenvalue weighted by molar-refractivity contribution is -0.137. The zero-order chi connectivity index (χ0) is 24.7. The van der Waals surface area contributed by atoms with E-state index in [1.807, 2.05) is 67.6 Å². The molecule has 5 aromatic rings. The number of carbonyl (C=O) groups is 1. The van der Waals surface area contributed by atoms with E-state index in [1.54, 1.807) is 11.3 Å². The van der Waals surface area contributed by atoms with E-state index in [0.29, 0.717) is 16.8 Å². The molecule has 2 heterocycles. The number of carbonyl (C=O) groups excluding carboxylic acids is 1. The number of ether oxygens (including phenoxy) is 1. The van der Waals surface area contributed by atoms with Crippen LogP contribution in [0.1, 0.15) is 28.4 Å². The smallest absolute Gasteiger partial charge is 0.416 e. The molecule has 176 valence electrons. The van der Waals surface area contributed by atoms with Crippen LogP contribution < -0.4 is 0 Å². The number of hydrogen-bond donors (Lipinski definition) is 0. The molecule has 0 aliphatic rings. The van der Waals surface area contributed by atoms with Crippen molar-refractivity contribution in [2.75, 3.05) is 6.61 Å². The highest BCUT2D eigenvalue weighted by atomic mass is 19.4. The normalized spacial score (nSPS) is 11.8. The van der Waals surface area contributed by atoms with E-state index in [0.717, 1.165) is 28.8 Å². The lowest BCUT2D eigenvalue weighted by atomic mass is 10.1. The summed E-state index contributed by atoms with van der Waals surface area (Å²) in [5, 5.41) is 0.349. The molecule has 0 N–H and O–H groups in total. The second kappa shape index (κ2) is 8.58. The van der Waals surface area contributed by atoms with Crippen LogP contribution in [0, 0.1) is 6.92 Å². The fourth-order valence-corrected chi connectivity index (χ4v) is 4.24. The molecule has 0 spiro atoms. The van der Waals surface area contributed by atoms with Crippen LogP contribution in [-0.4, -0.2) is 22.0 Å². The zero-order valence-electron chi connectivity index (χ0n) is 19.1. The van der Waals surface area contributed by atoms with Crippen molar-refractivity contribution in [2.24, 2.45) is 0 Å². The molecule has 0 saturated heterocycles. The fourth-order valence-electron chi connectivity index (χ4n) is 4.24. The van der Waals surface area contributed by atoms with Gasteiger partial charge in [0.15, 0.2) is 5.65 Å². The molecule has 0 saturated carbocycles. The summed E-state index contributed by atoms with van der Waals surface area (Å²) in [6, 6.07) is 22.3. The summed E-state index contributed by atoms with van der Waals surface area (Å²) in [4.78, 5) is 17.8. The summed E-state index contributed by atoms with van der Waals surface area (Å²) in [6.07, 6.45) is -4.54. The van der Waals surface area contributed by atoms with Crippen molar-refractivity contribution in [1.82, 2.24) is 9.38 Å². The number of alkyl halides is 3. The van der Waals surface area contributed by atoms with Gasteiger partial charge >= 0.3 is 12.1 Å². The molecule has 0 atom stereocenters. The highest BCUT2D eigenvalue weighted by molar-refractivity contribution is 6.11. The molecule has 35 heavy (non-hydrogen) atoms. The standard InChI is InChI=1S/C28H21F3N2O2/c1-3-35-27(34)25-21-14-13-20(28(29,30)31)15-24(21)33-23(19-7-5-4-6-8-19)16-22(32-26(25)33)18-11-9-17(2)10-12-18/h4-16H,3H2,1-2H3. The third-order valence-electron chi connectivity index (χ3n) is 5.91. The van der Waals surface area contributed by atoms with Crippen molar-refractivity contribution in [3.63, 3.8) is 0 Å². The van der Waals surface area contributed by atoms with E-state index in [-0.39, 0.29) is 23.3 Å². The molecule has 0 radical (unpaired) electrons. The van der Waals surface area contributed by atoms with Crippen LogP contribution in [0.5, 0.6) is 0 Å². The molecule has 5 rings (SSSR count). The quantitative estimate of drug-likeness (QED) is 0.256. The van der Waals surface area contributed by atoms with Crippen molar-refractivity contribution in [2.45, 2.75) is 20.0 Å². The summed E-state index contributed by atoms with van der Waals surface area (Å²) in [5.41, 5.74) is 3.71. The fraction of sp³-hybridized carbons (Fsp3) is 0.143. The van der Waals surface area contributed by atoms with E-state index in [9.17, 15) is 18.0 Å². The third-order valence-corrected chi connectivity index (χ3v) is 5.91. The second-order valence-corrected chi connectivity index (χ2v) is 8.24. The van der Waals surface area contributed by atoms with Crippen LogP contribution >= 0.6 is 0 Å². The number of fused-ring (bicyclic) bond motifs is 3. The van der Waals surface area contributed by atoms with Gasteiger partial charge in [0.25, 0.3) is 0 Å². The molecule has 4 nitrogen and oxygen atoms in total. The molecule has 0 unspecified atom stereocenters. The Morgan fingerprint density at radius 1 is 0.943 bits per heavy atom. The number of aryl methyl sites for hydroxylation is 1. The number of aromatic nitrogens is 2. The highest BCUT2D eigenvalue weighted by Gasteiger charge is 2.32. The summed E-state index contributed by atoms with van der Waals surface area (Å²) in [5.74, 6) is -0.632. The van der Waals surface area contributed by atoms with Crippen LogP contribution in [0.25, 0.3) is 39.1 Å². The van der Waals surface area contributed by atoms with E-state index in [4.69, 9.17) is 9.72 Å². The third kappa shape index (κ3) is 4.03. The van der Waals surface area contributed by atoms with Gasteiger partial charge in [-0.25, -0.2) is 9.78 Å². The van der Waals surface area contributed by atoms with Crippen molar-refractivity contribution in [3.8, 4) is 22.5 Å². The molecular weight excluding hydrogens is 453 g/mol. The highest BCUT2D eigenvalue weighted by Crippen LogP contribution is 2.37. The van der Waals surface area contributed by atoms with Gasteiger partial charge in [0.2, 0.25) is 0 Å².